The molecule has 0 spiro atoms. The van der Waals surface area contributed by atoms with Crippen LogP contribution >= 0.6 is 31.9 Å². The summed E-state index contributed by atoms with van der Waals surface area (Å²) in [6.07, 6.45) is 1.59. The highest BCUT2D eigenvalue weighted by atomic mass is 79.9. The van der Waals surface area contributed by atoms with E-state index in [1.54, 1.807) is 0 Å². The van der Waals surface area contributed by atoms with Gasteiger partial charge in [0, 0.05) is 6.42 Å². The largest absolute Gasteiger partial charge is 0.469 e. The van der Waals surface area contributed by atoms with Crippen LogP contribution in [0, 0.1) is 0 Å². The molecular weight excluding hydrogens is 406 g/mol. The molecule has 0 aliphatic carbocycles. The molecule has 1 aromatic rings. The van der Waals surface area contributed by atoms with Gasteiger partial charge in [-0.3, -0.25) is 9.52 Å². The van der Waals surface area contributed by atoms with Crippen molar-refractivity contribution in [2.45, 2.75) is 12.8 Å². The molecule has 0 amide bonds. The second-order valence-electron chi connectivity index (χ2n) is 3.43. The van der Waals surface area contributed by atoms with E-state index in [2.05, 4.69) is 51.3 Å². The summed E-state index contributed by atoms with van der Waals surface area (Å²) in [5.74, 6) is -0.548. The molecule has 0 aromatic carbocycles. The van der Waals surface area contributed by atoms with E-state index in [9.17, 15) is 13.2 Å². The van der Waals surface area contributed by atoms with Crippen molar-refractivity contribution in [1.82, 2.24) is 9.97 Å². The van der Waals surface area contributed by atoms with Crippen LogP contribution in [0.15, 0.2) is 15.4 Å². The maximum Gasteiger partial charge on any atom is 0.305 e. The van der Waals surface area contributed by atoms with Crippen LogP contribution in [0.1, 0.15) is 12.8 Å². The SMILES string of the molecule is COC(=O)CCCS(=O)(=O)Nc1ncc(Br)nc1Br. The summed E-state index contributed by atoms with van der Waals surface area (Å²) in [5.41, 5.74) is 0. The van der Waals surface area contributed by atoms with Crippen LogP contribution in [-0.4, -0.2) is 37.2 Å². The Bertz CT molecular complexity index is 565. The zero-order chi connectivity index (χ0) is 14.5. The van der Waals surface area contributed by atoms with Gasteiger partial charge in [-0.2, -0.15) is 0 Å². The van der Waals surface area contributed by atoms with E-state index in [1.165, 1.54) is 13.3 Å². The number of halogens is 2. The van der Waals surface area contributed by atoms with Gasteiger partial charge in [0.1, 0.15) is 4.60 Å². The maximum atomic E-state index is 11.7. The first kappa shape index (κ1) is 16.3. The lowest BCUT2D eigenvalue weighted by Gasteiger charge is -2.08. The molecule has 1 heterocycles. The Morgan fingerprint density at radius 2 is 2.16 bits per heavy atom. The number of sulfonamides is 1. The lowest BCUT2D eigenvalue weighted by molar-refractivity contribution is -0.140. The van der Waals surface area contributed by atoms with E-state index in [0.717, 1.165) is 0 Å². The second-order valence-corrected chi connectivity index (χ2v) is 6.84. The highest BCUT2D eigenvalue weighted by molar-refractivity contribution is 9.11. The van der Waals surface area contributed by atoms with Gasteiger partial charge in [-0.05, 0) is 38.3 Å². The normalized spacial score (nSPS) is 11.1. The predicted octanol–water partition coefficient (Wildman–Crippen LogP) is 1.70. The highest BCUT2D eigenvalue weighted by Gasteiger charge is 2.15. The van der Waals surface area contributed by atoms with E-state index in [0.29, 0.717) is 4.60 Å². The number of aromatic nitrogens is 2. The fourth-order valence-corrected chi connectivity index (χ4v) is 3.23. The number of hydrogen-bond acceptors (Lipinski definition) is 6. The molecule has 1 aromatic heterocycles. The van der Waals surface area contributed by atoms with Crippen molar-refractivity contribution in [2.75, 3.05) is 17.6 Å². The van der Waals surface area contributed by atoms with Gasteiger partial charge in [-0.15, -0.1) is 0 Å². The van der Waals surface area contributed by atoms with Crippen LogP contribution < -0.4 is 4.72 Å². The van der Waals surface area contributed by atoms with Gasteiger partial charge < -0.3 is 4.74 Å². The average molecular weight is 417 g/mol. The monoisotopic (exact) mass is 415 g/mol. The van der Waals surface area contributed by atoms with Gasteiger partial charge in [0.2, 0.25) is 10.0 Å². The minimum Gasteiger partial charge on any atom is -0.469 e. The Kier molecular flexibility index (Phi) is 6.14. The van der Waals surface area contributed by atoms with Crippen LogP contribution in [0.2, 0.25) is 0 Å². The summed E-state index contributed by atoms with van der Waals surface area (Å²) < 4.78 is 31.0. The third kappa shape index (κ3) is 5.83. The Morgan fingerprint density at radius 1 is 1.47 bits per heavy atom. The van der Waals surface area contributed by atoms with Gasteiger partial charge in [0.25, 0.3) is 0 Å². The summed E-state index contributed by atoms with van der Waals surface area (Å²) in [6, 6.07) is 0. The fourth-order valence-electron chi connectivity index (χ4n) is 1.12. The van der Waals surface area contributed by atoms with E-state index >= 15 is 0 Å². The summed E-state index contributed by atoms with van der Waals surface area (Å²) in [7, 11) is -2.33. The Hall–Kier alpha value is -0.740. The molecule has 0 saturated carbocycles. The zero-order valence-electron chi connectivity index (χ0n) is 9.89. The molecule has 0 aliphatic heterocycles. The lowest BCUT2D eigenvalue weighted by Crippen LogP contribution is -2.19. The van der Waals surface area contributed by atoms with E-state index in [1.807, 2.05) is 0 Å². The van der Waals surface area contributed by atoms with Gasteiger partial charge in [0.05, 0.1) is 19.1 Å². The summed E-state index contributed by atoms with van der Waals surface area (Å²) in [4.78, 5) is 18.7. The number of esters is 1. The lowest BCUT2D eigenvalue weighted by atomic mass is 10.3. The molecule has 0 atom stereocenters. The summed E-state index contributed by atoms with van der Waals surface area (Å²) in [5, 5.41) is 0. The zero-order valence-corrected chi connectivity index (χ0v) is 13.9. The molecular formula is C9H11Br2N3O4S. The first-order valence-corrected chi connectivity index (χ1v) is 8.33. The van der Waals surface area contributed by atoms with Crippen molar-refractivity contribution >= 4 is 53.7 Å². The smallest absolute Gasteiger partial charge is 0.305 e. The van der Waals surface area contributed by atoms with Gasteiger partial charge in [-0.25, -0.2) is 18.4 Å². The van der Waals surface area contributed by atoms with Crippen LogP contribution in [0.3, 0.4) is 0 Å². The van der Waals surface area contributed by atoms with Crippen LogP contribution in [0.25, 0.3) is 0 Å². The minimum atomic E-state index is -3.58. The van der Waals surface area contributed by atoms with Crippen molar-refractivity contribution in [2.24, 2.45) is 0 Å². The van der Waals surface area contributed by atoms with Crippen LogP contribution in [0.4, 0.5) is 5.82 Å². The fraction of sp³-hybridized carbons (Fsp3) is 0.444. The van der Waals surface area contributed by atoms with Gasteiger partial charge in [0.15, 0.2) is 10.4 Å². The Labute approximate surface area is 127 Å². The molecule has 0 bridgehead atoms. The maximum absolute atomic E-state index is 11.7. The third-order valence-corrected chi connectivity index (χ3v) is 4.24. The summed E-state index contributed by atoms with van der Waals surface area (Å²) >= 11 is 6.21. The average Bonchev–Trinajstić information content (AvgIpc) is 2.32. The topological polar surface area (TPSA) is 98.2 Å². The van der Waals surface area contributed by atoms with Gasteiger partial charge >= 0.3 is 5.97 Å². The Balaban J connectivity index is 2.61. The Morgan fingerprint density at radius 3 is 2.74 bits per heavy atom. The molecule has 106 valence electrons. The van der Waals surface area contributed by atoms with Crippen molar-refractivity contribution < 1.29 is 17.9 Å². The third-order valence-electron chi connectivity index (χ3n) is 1.97. The van der Waals surface area contributed by atoms with Crippen molar-refractivity contribution in [3.8, 4) is 0 Å². The molecule has 0 aliphatic rings. The number of ether oxygens (including phenoxy) is 1. The first-order chi connectivity index (χ1) is 8.84. The molecule has 0 radical (unpaired) electrons. The number of nitrogens with one attached hydrogen (secondary N) is 1. The van der Waals surface area contributed by atoms with Crippen molar-refractivity contribution in [1.29, 1.82) is 0 Å². The number of hydrogen-bond donors (Lipinski definition) is 1. The standard InChI is InChI=1S/C9H11Br2N3O4S/c1-18-7(15)3-2-4-19(16,17)14-9-8(11)13-6(10)5-12-9/h5H,2-4H2,1H3,(H,12,14). The van der Waals surface area contributed by atoms with E-state index < -0.39 is 16.0 Å². The molecule has 0 unspecified atom stereocenters. The quantitative estimate of drug-likeness (QED) is 0.708. The highest BCUT2D eigenvalue weighted by Crippen LogP contribution is 2.20. The molecule has 1 N–H and O–H groups in total. The van der Waals surface area contributed by atoms with Crippen molar-refractivity contribution in [3.05, 3.63) is 15.4 Å². The van der Waals surface area contributed by atoms with Gasteiger partial charge in [-0.1, -0.05) is 0 Å². The second kappa shape index (κ2) is 7.15. The number of anilines is 1. The molecule has 1 rings (SSSR count). The number of rotatable bonds is 6. The number of nitrogens with zero attached hydrogens (tertiary/aromatic N) is 2. The number of carbonyl (C=O) groups is 1. The molecule has 7 nitrogen and oxygen atoms in total. The molecule has 19 heavy (non-hydrogen) atoms. The number of carbonyl (C=O) groups excluding carboxylic acids is 1. The first-order valence-electron chi connectivity index (χ1n) is 5.09. The summed E-state index contributed by atoms with van der Waals surface area (Å²) in [6.45, 7) is 0. The van der Waals surface area contributed by atoms with Crippen molar-refractivity contribution in [3.63, 3.8) is 0 Å². The molecule has 10 heteroatoms. The van der Waals surface area contributed by atoms with E-state index in [4.69, 9.17) is 0 Å². The van der Waals surface area contributed by atoms with Crippen LogP contribution in [-0.2, 0) is 19.6 Å². The molecule has 0 saturated heterocycles. The molecule has 0 fully saturated rings. The van der Waals surface area contributed by atoms with Crippen LogP contribution in [0.5, 0.6) is 0 Å². The predicted molar refractivity (Wildman–Crippen MR) is 76.1 cm³/mol. The minimum absolute atomic E-state index is 0.0462. The number of methoxy groups -OCH3 is 1. The van der Waals surface area contributed by atoms with E-state index in [-0.39, 0.29) is 29.0 Å².